The van der Waals surface area contributed by atoms with E-state index in [0.29, 0.717) is 10.9 Å². The maximum Gasteiger partial charge on any atom is 0.343 e. The summed E-state index contributed by atoms with van der Waals surface area (Å²) in [5.41, 5.74) is 0.139. The molecule has 0 unspecified atom stereocenters. The van der Waals surface area contributed by atoms with Crippen LogP contribution < -0.4 is 9.79 Å². The van der Waals surface area contributed by atoms with Crippen LogP contribution in [-0.4, -0.2) is 26.3 Å². The van der Waals surface area contributed by atoms with E-state index in [1.165, 1.54) is 24.3 Å². The standard InChI is InChI=1S/C37H30N2O7S/c1-37(2,3)36(42)46-39-30-23-27(38-47(43,44)31-20-12-18-24-13-10-11-19-28(24)31)21-22-29(30)32(34(39)40)33(25-14-6-4-7-15-25)45-35(41)26-16-8-5-9-17-26/h4-23,38H,1-3H3/b33-32-. The molecule has 1 aliphatic rings. The first-order chi connectivity index (χ1) is 22.4. The van der Waals surface area contributed by atoms with Crippen molar-refractivity contribution in [3.05, 3.63) is 138 Å². The number of fused-ring (bicyclic) bond motifs is 2. The highest BCUT2D eigenvalue weighted by Gasteiger charge is 2.41. The van der Waals surface area contributed by atoms with Crippen molar-refractivity contribution in [1.29, 1.82) is 0 Å². The number of hydrogen-bond acceptors (Lipinski definition) is 7. The first kappa shape index (κ1) is 31.3. The lowest BCUT2D eigenvalue weighted by Gasteiger charge is -2.22. The van der Waals surface area contributed by atoms with Crippen molar-refractivity contribution in [1.82, 2.24) is 0 Å². The number of carbonyl (C=O) groups excluding carboxylic acids is 3. The molecule has 0 atom stereocenters. The van der Waals surface area contributed by atoms with Crippen LogP contribution in [0.3, 0.4) is 0 Å². The van der Waals surface area contributed by atoms with E-state index in [1.807, 2.05) is 18.2 Å². The molecule has 0 aromatic heterocycles. The Kier molecular flexibility index (Phi) is 8.13. The van der Waals surface area contributed by atoms with Crippen LogP contribution in [0.1, 0.15) is 42.3 Å². The number of hydroxylamine groups is 1. The van der Waals surface area contributed by atoms with E-state index in [2.05, 4.69) is 4.72 Å². The van der Waals surface area contributed by atoms with E-state index < -0.39 is 33.3 Å². The van der Waals surface area contributed by atoms with Gasteiger partial charge in [0.1, 0.15) is 0 Å². The lowest BCUT2D eigenvalue weighted by Crippen LogP contribution is -2.35. The number of nitrogens with zero attached hydrogens (tertiary/aromatic N) is 1. The van der Waals surface area contributed by atoms with Gasteiger partial charge in [-0.3, -0.25) is 9.52 Å². The normalized spacial score (nSPS) is 14.0. The lowest BCUT2D eigenvalue weighted by molar-refractivity contribution is -0.157. The van der Waals surface area contributed by atoms with Gasteiger partial charge in [0, 0.05) is 16.5 Å². The largest absolute Gasteiger partial charge is 0.421 e. The van der Waals surface area contributed by atoms with Gasteiger partial charge in [-0.2, -0.15) is 0 Å². The van der Waals surface area contributed by atoms with Crippen LogP contribution in [-0.2, 0) is 29.2 Å². The second-order valence-electron chi connectivity index (χ2n) is 11.9. The Labute approximate surface area is 272 Å². The van der Waals surface area contributed by atoms with Gasteiger partial charge in [-0.25, -0.2) is 18.0 Å². The minimum Gasteiger partial charge on any atom is -0.421 e. The maximum absolute atomic E-state index is 14.2. The highest BCUT2D eigenvalue weighted by molar-refractivity contribution is 7.93. The highest BCUT2D eigenvalue weighted by Crippen LogP contribution is 2.44. The molecular weight excluding hydrogens is 616 g/mol. The van der Waals surface area contributed by atoms with E-state index in [1.54, 1.807) is 99.6 Å². The van der Waals surface area contributed by atoms with Gasteiger partial charge in [0.15, 0.2) is 5.76 Å². The second kappa shape index (κ2) is 12.2. The average molecular weight is 647 g/mol. The van der Waals surface area contributed by atoms with Gasteiger partial charge in [0.2, 0.25) is 0 Å². The Morgan fingerprint density at radius 2 is 1.36 bits per heavy atom. The zero-order chi connectivity index (χ0) is 33.3. The van der Waals surface area contributed by atoms with Gasteiger partial charge in [0.05, 0.1) is 32.8 Å². The van der Waals surface area contributed by atoms with Gasteiger partial charge in [-0.15, -0.1) is 5.06 Å². The van der Waals surface area contributed by atoms with Crippen LogP contribution in [0.4, 0.5) is 11.4 Å². The Hall–Kier alpha value is -5.74. The zero-order valence-corrected chi connectivity index (χ0v) is 26.6. The van der Waals surface area contributed by atoms with Gasteiger partial charge >= 0.3 is 11.9 Å². The van der Waals surface area contributed by atoms with Gasteiger partial charge in [0.25, 0.3) is 15.9 Å². The number of esters is 1. The molecule has 236 valence electrons. The van der Waals surface area contributed by atoms with Crippen LogP contribution in [0.25, 0.3) is 22.1 Å². The summed E-state index contributed by atoms with van der Waals surface area (Å²) in [6, 6.07) is 33.5. The Balaban J connectivity index is 1.48. The molecule has 5 aromatic rings. The second-order valence-corrected chi connectivity index (χ2v) is 13.5. The predicted octanol–water partition coefficient (Wildman–Crippen LogP) is 7.22. The molecule has 0 fully saturated rings. The Morgan fingerprint density at radius 1 is 0.745 bits per heavy atom. The topological polar surface area (TPSA) is 119 Å². The first-order valence-electron chi connectivity index (χ1n) is 14.7. The SMILES string of the molecule is CC(C)(C)C(=O)ON1C(=O)/C(=C(\OC(=O)c2ccccc2)c2ccccc2)c2ccc(NS(=O)(=O)c3cccc4ccccc34)cc21. The molecule has 1 heterocycles. The molecule has 1 amide bonds. The number of sulfonamides is 1. The first-order valence-corrected chi connectivity index (χ1v) is 16.2. The third kappa shape index (κ3) is 6.23. The minimum atomic E-state index is -4.10. The quantitative estimate of drug-likeness (QED) is 0.113. The smallest absolute Gasteiger partial charge is 0.343 e. The number of amides is 1. The summed E-state index contributed by atoms with van der Waals surface area (Å²) in [4.78, 5) is 46.3. The van der Waals surface area contributed by atoms with Crippen LogP contribution in [0.2, 0.25) is 0 Å². The average Bonchev–Trinajstić information content (AvgIpc) is 3.33. The summed E-state index contributed by atoms with van der Waals surface area (Å²) in [6.07, 6.45) is 0. The van der Waals surface area contributed by atoms with Crippen molar-refractivity contribution in [3.8, 4) is 0 Å². The predicted molar refractivity (Wildman–Crippen MR) is 179 cm³/mol. The summed E-state index contributed by atoms with van der Waals surface area (Å²) >= 11 is 0. The maximum atomic E-state index is 14.2. The molecule has 0 bridgehead atoms. The molecule has 0 saturated heterocycles. The molecule has 0 spiro atoms. The highest BCUT2D eigenvalue weighted by atomic mass is 32.2. The molecule has 5 aromatic carbocycles. The summed E-state index contributed by atoms with van der Waals surface area (Å²) in [5, 5.41) is 2.11. The van der Waals surface area contributed by atoms with E-state index in [0.717, 1.165) is 10.4 Å². The van der Waals surface area contributed by atoms with Crippen molar-refractivity contribution in [2.45, 2.75) is 25.7 Å². The number of ether oxygens (including phenoxy) is 1. The van der Waals surface area contributed by atoms with Crippen molar-refractivity contribution in [3.63, 3.8) is 0 Å². The van der Waals surface area contributed by atoms with Gasteiger partial charge in [-0.05, 0) is 62.6 Å². The fourth-order valence-electron chi connectivity index (χ4n) is 5.04. The summed E-state index contributed by atoms with van der Waals surface area (Å²) in [7, 11) is -4.10. The fraction of sp³-hybridized carbons (Fsp3) is 0.108. The van der Waals surface area contributed by atoms with Crippen LogP contribution in [0.5, 0.6) is 0 Å². The number of carbonyl (C=O) groups is 3. The molecule has 47 heavy (non-hydrogen) atoms. The summed E-state index contributed by atoms with van der Waals surface area (Å²) in [5.74, 6) is -2.23. The molecular formula is C37H30N2O7S. The van der Waals surface area contributed by atoms with Crippen LogP contribution >= 0.6 is 0 Å². The fourth-order valence-corrected chi connectivity index (χ4v) is 6.32. The molecule has 1 aliphatic heterocycles. The number of nitrogens with one attached hydrogen (secondary N) is 1. The van der Waals surface area contributed by atoms with Crippen molar-refractivity contribution >= 4 is 61.3 Å². The summed E-state index contributed by atoms with van der Waals surface area (Å²) in [6.45, 7) is 4.91. The van der Waals surface area contributed by atoms with E-state index in [-0.39, 0.29) is 38.7 Å². The lowest BCUT2D eigenvalue weighted by atomic mass is 9.98. The Bertz CT molecular complexity index is 2170. The molecule has 0 saturated carbocycles. The van der Waals surface area contributed by atoms with Crippen molar-refractivity contribution < 1.29 is 32.4 Å². The molecule has 9 nitrogen and oxygen atoms in total. The van der Waals surface area contributed by atoms with E-state index >= 15 is 0 Å². The van der Waals surface area contributed by atoms with E-state index in [4.69, 9.17) is 9.57 Å². The molecule has 10 heteroatoms. The van der Waals surface area contributed by atoms with Crippen LogP contribution in [0.15, 0.2) is 126 Å². The number of hydrogen-bond donors (Lipinski definition) is 1. The monoisotopic (exact) mass is 646 g/mol. The third-order valence-corrected chi connectivity index (χ3v) is 8.87. The molecule has 0 aliphatic carbocycles. The number of rotatable bonds is 7. The van der Waals surface area contributed by atoms with Crippen LogP contribution in [0, 0.1) is 5.41 Å². The molecule has 6 rings (SSSR count). The number of benzene rings is 5. The van der Waals surface area contributed by atoms with Gasteiger partial charge in [-0.1, -0.05) is 84.9 Å². The molecule has 0 radical (unpaired) electrons. The van der Waals surface area contributed by atoms with E-state index in [9.17, 15) is 22.8 Å². The number of anilines is 2. The van der Waals surface area contributed by atoms with Crippen molar-refractivity contribution in [2.75, 3.05) is 9.79 Å². The summed E-state index contributed by atoms with van der Waals surface area (Å²) < 4.78 is 35.8. The minimum absolute atomic E-state index is 0.0411. The third-order valence-electron chi connectivity index (χ3n) is 7.43. The van der Waals surface area contributed by atoms with Gasteiger partial charge < -0.3 is 9.57 Å². The van der Waals surface area contributed by atoms with Crippen molar-refractivity contribution in [2.24, 2.45) is 5.41 Å². The Morgan fingerprint density at radius 3 is 2.04 bits per heavy atom. The molecule has 1 N–H and O–H groups in total. The zero-order valence-electron chi connectivity index (χ0n) is 25.8.